The van der Waals surface area contributed by atoms with Crippen molar-refractivity contribution in [3.8, 4) is 11.3 Å². The number of carbonyl (C=O) groups is 2. The lowest BCUT2D eigenvalue weighted by Gasteiger charge is -2.24. The molecule has 1 aliphatic rings. The molecule has 1 aliphatic carbocycles. The summed E-state index contributed by atoms with van der Waals surface area (Å²) in [6.45, 7) is 3.49. The Morgan fingerprint density at radius 1 is 1.24 bits per heavy atom. The normalized spacial score (nSPS) is 15.7. The van der Waals surface area contributed by atoms with E-state index in [1.807, 2.05) is 35.9 Å². The van der Waals surface area contributed by atoms with Crippen LogP contribution >= 0.6 is 0 Å². The maximum Gasteiger partial charge on any atom is 0.247 e. The summed E-state index contributed by atoms with van der Waals surface area (Å²) < 4.78 is 2.03. The average molecular weight is 445 g/mol. The summed E-state index contributed by atoms with van der Waals surface area (Å²) in [6.07, 6.45) is 7.08. The molecule has 0 saturated heterocycles. The Bertz CT molecular complexity index is 1270. The topological polar surface area (TPSA) is 106 Å². The van der Waals surface area contributed by atoms with Crippen LogP contribution in [0.4, 0.5) is 11.5 Å². The maximum absolute atomic E-state index is 12.4. The third-order valence-corrected chi connectivity index (χ3v) is 6.13. The molecule has 8 nitrogen and oxygen atoms in total. The molecule has 0 aliphatic heterocycles. The number of aromatic nitrogens is 3. The first kappa shape index (κ1) is 22.3. The Morgan fingerprint density at radius 2 is 1.97 bits per heavy atom. The number of carbonyl (C=O) groups excluding carboxylic acids is 2. The van der Waals surface area contributed by atoms with E-state index in [-0.39, 0.29) is 17.7 Å². The van der Waals surface area contributed by atoms with Crippen molar-refractivity contribution in [3.63, 3.8) is 0 Å². The summed E-state index contributed by atoms with van der Waals surface area (Å²) in [5.41, 5.74) is 11.9. The Balaban J connectivity index is 1.81. The van der Waals surface area contributed by atoms with Gasteiger partial charge in [-0.15, -0.1) is 0 Å². The zero-order valence-electron chi connectivity index (χ0n) is 19.1. The largest absolute Gasteiger partial charge is 0.383 e. The highest BCUT2D eigenvalue weighted by Gasteiger charge is 2.28. The maximum atomic E-state index is 12.4. The van der Waals surface area contributed by atoms with Gasteiger partial charge in [0.05, 0.1) is 11.1 Å². The van der Waals surface area contributed by atoms with Gasteiger partial charge in [0, 0.05) is 38.3 Å². The van der Waals surface area contributed by atoms with Crippen LogP contribution in [0.1, 0.15) is 24.8 Å². The van der Waals surface area contributed by atoms with Crippen LogP contribution in [0.25, 0.3) is 27.9 Å². The van der Waals surface area contributed by atoms with Crippen LogP contribution in [0.3, 0.4) is 0 Å². The molecule has 1 unspecified atom stereocenters. The second-order valence-electron chi connectivity index (χ2n) is 8.44. The van der Waals surface area contributed by atoms with E-state index >= 15 is 0 Å². The van der Waals surface area contributed by atoms with Crippen LogP contribution in [-0.2, 0) is 16.6 Å². The van der Waals surface area contributed by atoms with E-state index in [1.54, 1.807) is 19.0 Å². The molecule has 2 heterocycles. The quantitative estimate of drug-likeness (QED) is 0.585. The highest BCUT2D eigenvalue weighted by molar-refractivity contribution is 6.04. The van der Waals surface area contributed by atoms with Crippen molar-refractivity contribution in [1.82, 2.24) is 19.4 Å². The number of rotatable bonds is 5. The lowest BCUT2D eigenvalue weighted by molar-refractivity contribution is -0.133. The second kappa shape index (κ2) is 8.90. The summed E-state index contributed by atoms with van der Waals surface area (Å²) in [5.74, 6) is 0.316. The predicted octanol–water partition coefficient (Wildman–Crippen LogP) is 3.61. The van der Waals surface area contributed by atoms with Crippen molar-refractivity contribution in [1.29, 1.82) is 0 Å². The molecule has 0 radical (unpaired) electrons. The van der Waals surface area contributed by atoms with Crippen LogP contribution in [0, 0.1) is 5.92 Å². The Morgan fingerprint density at radius 3 is 2.58 bits per heavy atom. The van der Waals surface area contributed by atoms with Crippen LogP contribution in [0.15, 0.2) is 49.3 Å². The molecule has 8 heteroatoms. The smallest absolute Gasteiger partial charge is 0.247 e. The fraction of sp³-hybridized carbons (Fsp3) is 0.280. The second-order valence-corrected chi connectivity index (χ2v) is 8.44. The molecule has 4 rings (SSSR count). The van der Waals surface area contributed by atoms with Crippen LogP contribution < -0.4 is 11.1 Å². The predicted molar refractivity (Wildman–Crippen MR) is 131 cm³/mol. The van der Waals surface area contributed by atoms with E-state index < -0.39 is 0 Å². The highest BCUT2D eigenvalue weighted by Crippen LogP contribution is 2.43. The zero-order valence-corrected chi connectivity index (χ0v) is 19.1. The van der Waals surface area contributed by atoms with Gasteiger partial charge in [0.15, 0.2) is 0 Å². The van der Waals surface area contributed by atoms with Crippen molar-refractivity contribution in [2.45, 2.75) is 19.3 Å². The molecule has 2 amide bonds. The Labute approximate surface area is 192 Å². The minimum absolute atomic E-state index is 0.0106. The highest BCUT2D eigenvalue weighted by atomic mass is 16.2. The molecular formula is C25H28N6O2. The van der Waals surface area contributed by atoms with Gasteiger partial charge in [0.1, 0.15) is 17.8 Å². The first-order chi connectivity index (χ1) is 15.8. The molecule has 1 atom stereocenters. The van der Waals surface area contributed by atoms with E-state index in [4.69, 9.17) is 5.73 Å². The van der Waals surface area contributed by atoms with Gasteiger partial charge >= 0.3 is 0 Å². The Kier molecular flexibility index (Phi) is 6.00. The lowest BCUT2D eigenvalue weighted by atomic mass is 9.84. The number of amides is 2. The van der Waals surface area contributed by atoms with Gasteiger partial charge in [-0.3, -0.25) is 9.59 Å². The van der Waals surface area contributed by atoms with Crippen LogP contribution in [0.2, 0.25) is 0 Å². The van der Waals surface area contributed by atoms with E-state index in [2.05, 4.69) is 27.9 Å². The van der Waals surface area contributed by atoms with Crippen molar-refractivity contribution >= 4 is 39.9 Å². The molecule has 170 valence electrons. The standard InChI is InChI=1S/C25H28N6O2/c1-5-19(32)29-18-12-10-16(11-13-18)22-20(21-23(26)27-14-28-24(21)31(22)4)15-6-8-17(9-7-15)25(33)30(2)3/h5-6,10-14,17H,1,7-9H2,2-4H3,(H,29,32)(H2,26,27,28). The number of hydrogen-bond acceptors (Lipinski definition) is 5. The molecule has 33 heavy (non-hydrogen) atoms. The van der Waals surface area contributed by atoms with Crippen molar-refractivity contribution in [2.24, 2.45) is 13.0 Å². The summed E-state index contributed by atoms with van der Waals surface area (Å²) in [6, 6.07) is 7.63. The number of benzene rings is 1. The van der Waals surface area contributed by atoms with Crippen LogP contribution in [-0.4, -0.2) is 45.3 Å². The van der Waals surface area contributed by atoms with Crippen molar-refractivity contribution in [3.05, 3.63) is 54.9 Å². The first-order valence-corrected chi connectivity index (χ1v) is 10.8. The van der Waals surface area contributed by atoms with Gasteiger partial charge in [-0.05, 0) is 48.6 Å². The zero-order chi connectivity index (χ0) is 23.7. The average Bonchev–Trinajstić information content (AvgIpc) is 3.12. The van der Waals surface area contributed by atoms with Gasteiger partial charge in [-0.2, -0.15) is 0 Å². The Hall–Kier alpha value is -3.94. The van der Waals surface area contributed by atoms with Crippen LogP contribution in [0.5, 0.6) is 0 Å². The fourth-order valence-electron chi connectivity index (χ4n) is 4.48. The molecule has 0 bridgehead atoms. The van der Waals surface area contributed by atoms with Gasteiger partial charge in [-0.25, -0.2) is 9.97 Å². The minimum atomic E-state index is -0.259. The number of fused-ring (bicyclic) bond motifs is 1. The van der Waals surface area contributed by atoms with Crippen molar-refractivity contribution in [2.75, 3.05) is 25.1 Å². The molecule has 2 aromatic heterocycles. The van der Waals surface area contributed by atoms with E-state index in [0.717, 1.165) is 46.3 Å². The summed E-state index contributed by atoms with van der Waals surface area (Å²) in [5, 5.41) is 3.59. The van der Waals surface area contributed by atoms with Crippen molar-refractivity contribution < 1.29 is 9.59 Å². The number of anilines is 2. The summed E-state index contributed by atoms with van der Waals surface area (Å²) in [4.78, 5) is 34.5. The molecular weight excluding hydrogens is 416 g/mol. The monoisotopic (exact) mass is 444 g/mol. The molecule has 1 aromatic carbocycles. The molecule has 3 N–H and O–H groups in total. The number of aryl methyl sites for hydroxylation is 1. The van der Waals surface area contributed by atoms with E-state index in [0.29, 0.717) is 17.9 Å². The van der Waals surface area contributed by atoms with Gasteiger partial charge in [-0.1, -0.05) is 24.8 Å². The molecule has 0 fully saturated rings. The number of nitrogens with one attached hydrogen (secondary N) is 1. The number of nitrogens with two attached hydrogens (primary N) is 1. The van der Waals surface area contributed by atoms with Gasteiger partial charge in [0.25, 0.3) is 0 Å². The fourth-order valence-corrected chi connectivity index (χ4v) is 4.48. The van der Waals surface area contributed by atoms with E-state index in [9.17, 15) is 9.59 Å². The third kappa shape index (κ3) is 4.11. The number of hydrogen-bond donors (Lipinski definition) is 2. The summed E-state index contributed by atoms with van der Waals surface area (Å²) in [7, 11) is 5.55. The number of nitrogen functional groups attached to an aromatic ring is 1. The molecule has 3 aromatic rings. The first-order valence-electron chi connectivity index (χ1n) is 10.8. The third-order valence-electron chi connectivity index (χ3n) is 6.13. The summed E-state index contributed by atoms with van der Waals surface area (Å²) >= 11 is 0. The molecule has 0 saturated carbocycles. The van der Waals surface area contributed by atoms with Gasteiger partial charge < -0.3 is 20.5 Å². The number of nitrogens with zero attached hydrogens (tertiary/aromatic N) is 4. The lowest BCUT2D eigenvalue weighted by Crippen LogP contribution is -2.30. The van der Waals surface area contributed by atoms with E-state index in [1.165, 1.54) is 12.4 Å². The SMILES string of the molecule is C=CC(=O)Nc1ccc(-c2c(C3=CCC(C(=O)N(C)C)CC3)c3c(N)ncnc3n2C)cc1. The molecule has 0 spiro atoms. The van der Waals surface area contributed by atoms with Gasteiger partial charge in [0.2, 0.25) is 11.8 Å². The number of allylic oxidation sites excluding steroid dienone is 2. The minimum Gasteiger partial charge on any atom is -0.383 e.